The van der Waals surface area contributed by atoms with Gasteiger partial charge in [0.1, 0.15) is 0 Å². The molecule has 1 saturated heterocycles. The average molecular weight is 230 g/mol. The van der Waals surface area contributed by atoms with Crippen molar-refractivity contribution in [2.45, 2.75) is 18.9 Å². The Kier molecular flexibility index (Phi) is 3.40. The van der Waals surface area contributed by atoms with Crippen molar-refractivity contribution >= 4 is 5.91 Å². The van der Waals surface area contributed by atoms with Gasteiger partial charge in [0.25, 0.3) is 5.91 Å². The van der Waals surface area contributed by atoms with Crippen LogP contribution in [0.2, 0.25) is 0 Å². The van der Waals surface area contributed by atoms with Crippen LogP contribution in [0.3, 0.4) is 0 Å². The van der Waals surface area contributed by atoms with Crippen molar-refractivity contribution in [3.63, 3.8) is 0 Å². The molecule has 0 aliphatic carbocycles. The average Bonchev–Trinajstić information content (AvgIpc) is 2.86. The summed E-state index contributed by atoms with van der Waals surface area (Å²) in [6, 6.07) is 8.61. The number of nitriles is 1. The number of aliphatic hydroxyl groups is 1. The number of amides is 1. The van der Waals surface area contributed by atoms with Crippen LogP contribution in [-0.4, -0.2) is 35.1 Å². The Morgan fingerprint density at radius 1 is 1.59 bits per heavy atom. The van der Waals surface area contributed by atoms with Gasteiger partial charge in [0, 0.05) is 12.1 Å². The van der Waals surface area contributed by atoms with E-state index in [9.17, 15) is 9.90 Å². The van der Waals surface area contributed by atoms with Gasteiger partial charge in [0.15, 0.2) is 0 Å². The maximum atomic E-state index is 12.2. The van der Waals surface area contributed by atoms with E-state index >= 15 is 0 Å². The fourth-order valence-corrected chi connectivity index (χ4v) is 2.18. The molecule has 4 nitrogen and oxygen atoms in total. The van der Waals surface area contributed by atoms with Gasteiger partial charge in [-0.05, 0) is 31.0 Å². The van der Waals surface area contributed by atoms with Gasteiger partial charge in [-0.25, -0.2) is 0 Å². The molecule has 0 radical (unpaired) electrons. The number of benzene rings is 1. The van der Waals surface area contributed by atoms with Crippen LogP contribution >= 0.6 is 0 Å². The molecule has 1 aliphatic heterocycles. The van der Waals surface area contributed by atoms with Crippen molar-refractivity contribution in [2.24, 2.45) is 0 Å². The minimum absolute atomic E-state index is 0.00365. The molecule has 1 aromatic rings. The maximum Gasteiger partial charge on any atom is 0.254 e. The molecular formula is C13H14N2O2. The number of carbonyl (C=O) groups is 1. The highest BCUT2D eigenvalue weighted by Gasteiger charge is 2.28. The lowest BCUT2D eigenvalue weighted by atomic mass is 10.1. The van der Waals surface area contributed by atoms with Crippen molar-refractivity contribution in [3.05, 3.63) is 35.4 Å². The highest BCUT2D eigenvalue weighted by Crippen LogP contribution is 2.20. The van der Waals surface area contributed by atoms with E-state index in [2.05, 4.69) is 0 Å². The Hall–Kier alpha value is -1.86. The van der Waals surface area contributed by atoms with E-state index in [0.29, 0.717) is 17.7 Å². The molecule has 88 valence electrons. The first-order valence-electron chi connectivity index (χ1n) is 5.68. The van der Waals surface area contributed by atoms with Crippen LogP contribution < -0.4 is 0 Å². The first-order valence-corrected chi connectivity index (χ1v) is 5.68. The third-order valence-electron chi connectivity index (χ3n) is 3.09. The summed E-state index contributed by atoms with van der Waals surface area (Å²) in [5.41, 5.74) is 1.000. The second-order valence-corrected chi connectivity index (χ2v) is 4.17. The van der Waals surface area contributed by atoms with Crippen molar-refractivity contribution in [1.82, 2.24) is 4.90 Å². The van der Waals surface area contributed by atoms with Gasteiger partial charge in [0.05, 0.1) is 24.3 Å². The fraction of sp³-hybridized carbons (Fsp3) is 0.385. The topological polar surface area (TPSA) is 64.3 Å². The first-order chi connectivity index (χ1) is 8.26. The SMILES string of the molecule is N#Cc1cccc(C(=O)N2CCCC2CO)c1. The molecule has 1 amide bonds. The van der Waals surface area contributed by atoms with E-state index in [4.69, 9.17) is 5.26 Å². The van der Waals surface area contributed by atoms with Crippen LogP contribution in [0, 0.1) is 11.3 Å². The summed E-state index contributed by atoms with van der Waals surface area (Å²) in [5.74, 6) is -0.0985. The van der Waals surface area contributed by atoms with E-state index in [1.165, 1.54) is 0 Å². The summed E-state index contributed by atoms with van der Waals surface area (Å²) in [4.78, 5) is 13.9. The summed E-state index contributed by atoms with van der Waals surface area (Å²) in [6.45, 7) is 0.685. The van der Waals surface area contributed by atoms with Crippen molar-refractivity contribution < 1.29 is 9.90 Å². The van der Waals surface area contributed by atoms with E-state index in [-0.39, 0.29) is 18.6 Å². The molecule has 2 rings (SSSR count). The second kappa shape index (κ2) is 4.98. The molecular weight excluding hydrogens is 216 g/mol. The summed E-state index contributed by atoms with van der Waals surface area (Å²) < 4.78 is 0. The van der Waals surface area contributed by atoms with Gasteiger partial charge in [-0.1, -0.05) is 6.07 Å². The number of rotatable bonds is 2. The lowest BCUT2D eigenvalue weighted by Gasteiger charge is -2.23. The number of hydrogen-bond donors (Lipinski definition) is 1. The summed E-state index contributed by atoms with van der Waals surface area (Å²) in [7, 11) is 0. The van der Waals surface area contributed by atoms with Gasteiger partial charge >= 0.3 is 0 Å². The molecule has 4 heteroatoms. The van der Waals surface area contributed by atoms with E-state index in [1.807, 2.05) is 6.07 Å². The predicted molar refractivity (Wildman–Crippen MR) is 62.3 cm³/mol. The highest BCUT2D eigenvalue weighted by atomic mass is 16.3. The Bertz CT molecular complexity index is 465. The molecule has 1 aliphatic rings. The Morgan fingerprint density at radius 3 is 3.12 bits per heavy atom. The normalized spacial score (nSPS) is 19.1. The molecule has 0 saturated carbocycles. The zero-order valence-corrected chi connectivity index (χ0v) is 9.47. The molecule has 1 N–H and O–H groups in total. The Balaban J connectivity index is 2.22. The number of aliphatic hydroxyl groups excluding tert-OH is 1. The molecule has 1 aromatic carbocycles. The number of nitrogens with zero attached hydrogens (tertiary/aromatic N) is 2. The van der Waals surface area contributed by atoms with Crippen molar-refractivity contribution in [3.8, 4) is 6.07 Å². The van der Waals surface area contributed by atoms with E-state index < -0.39 is 0 Å². The minimum atomic E-state index is -0.0985. The first kappa shape index (κ1) is 11.6. The van der Waals surface area contributed by atoms with Crippen LogP contribution in [0.1, 0.15) is 28.8 Å². The van der Waals surface area contributed by atoms with Gasteiger partial charge in [0.2, 0.25) is 0 Å². The van der Waals surface area contributed by atoms with Gasteiger partial charge in [-0.15, -0.1) is 0 Å². The monoisotopic (exact) mass is 230 g/mol. The van der Waals surface area contributed by atoms with Crippen LogP contribution in [0.5, 0.6) is 0 Å². The van der Waals surface area contributed by atoms with Crippen LogP contribution in [0.4, 0.5) is 0 Å². The van der Waals surface area contributed by atoms with E-state index in [1.54, 1.807) is 29.2 Å². The highest BCUT2D eigenvalue weighted by molar-refractivity contribution is 5.95. The zero-order chi connectivity index (χ0) is 12.3. The quantitative estimate of drug-likeness (QED) is 0.829. The molecule has 0 spiro atoms. The number of hydrogen-bond acceptors (Lipinski definition) is 3. The van der Waals surface area contributed by atoms with Gasteiger partial charge in [-0.3, -0.25) is 4.79 Å². The van der Waals surface area contributed by atoms with E-state index in [0.717, 1.165) is 12.8 Å². The molecule has 1 heterocycles. The lowest BCUT2D eigenvalue weighted by molar-refractivity contribution is 0.0677. The van der Waals surface area contributed by atoms with Crippen LogP contribution in [0.25, 0.3) is 0 Å². The minimum Gasteiger partial charge on any atom is -0.394 e. The number of likely N-dealkylation sites (tertiary alicyclic amines) is 1. The number of carbonyl (C=O) groups excluding carboxylic acids is 1. The molecule has 0 bridgehead atoms. The molecule has 1 unspecified atom stereocenters. The predicted octanol–water partition coefficient (Wildman–Crippen LogP) is 1.16. The van der Waals surface area contributed by atoms with Crippen LogP contribution in [0.15, 0.2) is 24.3 Å². The van der Waals surface area contributed by atoms with Gasteiger partial charge < -0.3 is 10.0 Å². The zero-order valence-electron chi connectivity index (χ0n) is 9.47. The standard InChI is InChI=1S/C13H14N2O2/c14-8-10-3-1-4-11(7-10)13(17)15-6-2-5-12(15)9-16/h1,3-4,7,12,16H,2,5-6,9H2. The molecule has 1 atom stereocenters. The third-order valence-corrected chi connectivity index (χ3v) is 3.09. The largest absolute Gasteiger partial charge is 0.394 e. The Labute approximate surface area is 100 Å². The molecule has 1 fully saturated rings. The smallest absolute Gasteiger partial charge is 0.254 e. The molecule has 0 aromatic heterocycles. The van der Waals surface area contributed by atoms with Crippen molar-refractivity contribution in [1.29, 1.82) is 5.26 Å². The fourth-order valence-electron chi connectivity index (χ4n) is 2.18. The third kappa shape index (κ3) is 2.29. The summed E-state index contributed by atoms with van der Waals surface area (Å²) in [6.07, 6.45) is 1.77. The summed E-state index contributed by atoms with van der Waals surface area (Å²) >= 11 is 0. The summed E-state index contributed by atoms with van der Waals surface area (Å²) in [5, 5.41) is 18.0. The van der Waals surface area contributed by atoms with Crippen LogP contribution in [-0.2, 0) is 0 Å². The maximum absolute atomic E-state index is 12.2. The lowest BCUT2D eigenvalue weighted by Crippen LogP contribution is -2.37. The van der Waals surface area contributed by atoms with Gasteiger partial charge in [-0.2, -0.15) is 5.26 Å². The second-order valence-electron chi connectivity index (χ2n) is 4.17. The Morgan fingerprint density at radius 2 is 2.41 bits per heavy atom. The van der Waals surface area contributed by atoms with Crippen molar-refractivity contribution in [2.75, 3.05) is 13.2 Å². The molecule has 17 heavy (non-hydrogen) atoms.